The highest BCUT2D eigenvalue weighted by Crippen LogP contribution is 2.43. The molecule has 25 heavy (non-hydrogen) atoms. The van der Waals surface area contributed by atoms with E-state index < -0.39 is 0 Å². The number of piperidine rings is 1. The molecule has 0 aromatic heterocycles. The van der Waals surface area contributed by atoms with Gasteiger partial charge in [0.15, 0.2) is 0 Å². The average molecular weight is 378 g/mol. The Morgan fingerprint density at radius 1 is 0.760 bits per heavy atom. The molecule has 3 rings (SSSR count). The summed E-state index contributed by atoms with van der Waals surface area (Å²) in [5, 5.41) is 16.4. The number of nitrogens with one attached hydrogen (secondary N) is 1. The van der Waals surface area contributed by atoms with E-state index >= 15 is 0 Å². The van der Waals surface area contributed by atoms with Crippen molar-refractivity contribution in [2.24, 2.45) is 11.8 Å². The van der Waals surface area contributed by atoms with Gasteiger partial charge in [-0.1, -0.05) is 61.3 Å². The maximum Gasteiger partial charge on any atom is 0.0632 e. The van der Waals surface area contributed by atoms with Gasteiger partial charge in [-0.2, -0.15) is 0 Å². The minimum Gasteiger partial charge on any atom is -0.392 e. The van der Waals surface area contributed by atoms with Gasteiger partial charge in [0.05, 0.1) is 6.10 Å². The fourth-order valence-corrected chi connectivity index (χ4v) is 4.39. The fraction of sp³-hybridized carbons (Fsp3) is 0.429. The summed E-state index contributed by atoms with van der Waals surface area (Å²) in [7, 11) is 0. The van der Waals surface area contributed by atoms with Crippen LogP contribution in [0.3, 0.4) is 0 Å². The molecule has 0 bridgehead atoms. The van der Waals surface area contributed by atoms with Gasteiger partial charge in [-0.05, 0) is 48.2 Å². The third kappa shape index (κ3) is 3.88. The SMILES string of the molecule is CC[C@@H]1C(O)[C@@H](CC)[C@@H](c2ccc(Cl)cc2)N[C@@H]1c1ccc(Cl)cc1. The number of hydrogen-bond acceptors (Lipinski definition) is 2. The fourth-order valence-electron chi connectivity index (χ4n) is 4.13. The van der Waals surface area contributed by atoms with E-state index in [0.717, 1.165) is 22.9 Å². The lowest BCUT2D eigenvalue weighted by atomic mass is 9.71. The third-order valence-corrected chi connectivity index (χ3v) is 6.00. The molecule has 0 aliphatic carbocycles. The molecular formula is C21H25Cl2NO. The number of benzene rings is 2. The average Bonchev–Trinajstić information content (AvgIpc) is 2.62. The first-order chi connectivity index (χ1) is 12.0. The molecule has 1 aliphatic rings. The number of halogens is 2. The summed E-state index contributed by atoms with van der Waals surface area (Å²) in [6.45, 7) is 4.29. The molecule has 0 amide bonds. The van der Waals surface area contributed by atoms with Gasteiger partial charge in [-0.25, -0.2) is 0 Å². The Kier molecular flexibility index (Phi) is 6.06. The van der Waals surface area contributed by atoms with Crippen molar-refractivity contribution >= 4 is 23.2 Å². The Morgan fingerprint density at radius 3 is 1.44 bits per heavy atom. The summed E-state index contributed by atoms with van der Waals surface area (Å²) in [6, 6.07) is 16.1. The van der Waals surface area contributed by atoms with Crippen molar-refractivity contribution in [3.8, 4) is 0 Å². The van der Waals surface area contributed by atoms with E-state index in [1.165, 1.54) is 11.1 Å². The molecule has 0 radical (unpaired) electrons. The molecule has 134 valence electrons. The second kappa shape index (κ2) is 8.09. The van der Waals surface area contributed by atoms with Gasteiger partial charge >= 0.3 is 0 Å². The highest BCUT2D eigenvalue weighted by Gasteiger charge is 2.42. The third-order valence-electron chi connectivity index (χ3n) is 5.49. The molecule has 1 heterocycles. The van der Waals surface area contributed by atoms with Crippen molar-refractivity contribution in [2.45, 2.75) is 44.9 Å². The summed E-state index contributed by atoms with van der Waals surface area (Å²) < 4.78 is 0. The highest BCUT2D eigenvalue weighted by molar-refractivity contribution is 6.30. The predicted molar refractivity (Wildman–Crippen MR) is 105 cm³/mol. The predicted octanol–water partition coefficient (Wildman–Crippen LogP) is 5.79. The van der Waals surface area contributed by atoms with Crippen LogP contribution in [-0.2, 0) is 0 Å². The first-order valence-corrected chi connectivity index (χ1v) is 9.75. The lowest BCUT2D eigenvalue weighted by molar-refractivity contribution is -0.0251. The molecule has 0 saturated carbocycles. The Hall–Kier alpha value is -1.06. The van der Waals surface area contributed by atoms with Crippen LogP contribution in [0.25, 0.3) is 0 Å². The normalized spacial score (nSPS) is 29.6. The zero-order valence-electron chi connectivity index (χ0n) is 14.6. The van der Waals surface area contributed by atoms with E-state index in [9.17, 15) is 5.11 Å². The number of aliphatic hydroxyl groups excluding tert-OH is 1. The maximum atomic E-state index is 11.1. The van der Waals surface area contributed by atoms with E-state index in [4.69, 9.17) is 23.2 Å². The van der Waals surface area contributed by atoms with Gasteiger partial charge in [0.25, 0.3) is 0 Å². The van der Waals surface area contributed by atoms with Gasteiger partial charge < -0.3 is 10.4 Å². The molecule has 2 nitrogen and oxygen atoms in total. The summed E-state index contributed by atoms with van der Waals surface area (Å²) >= 11 is 12.1. The Bertz CT molecular complexity index is 627. The minimum atomic E-state index is -0.349. The Morgan fingerprint density at radius 2 is 1.12 bits per heavy atom. The van der Waals surface area contributed by atoms with Crippen LogP contribution in [-0.4, -0.2) is 11.2 Å². The van der Waals surface area contributed by atoms with Crippen LogP contribution in [0, 0.1) is 11.8 Å². The molecule has 2 N–H and O–H groups in total. The van der Waals surface area contributed by atoms with Gasteiger partial charge in [-0.15, -0.1) is 0 Å². The molecule has 0 spiro atoms. The molecule has 0 unspecified atom stereocenters. The van der Waals surface area contributed by atoms with E-state index in [1.54, 1.807) is 0 Å². The van der Waals surface area contributed by atoms with E-state index in [-0.39, 0.29) is 30.0 Å². The first kappa shape index (κ1) is 18.7. The molecule has 4 heteroatoms. The Labute approximate surface area is 160 Å². The Balaban J connectivity index is 1.97. The van der Waals surface area contributed by atoms with Gasteiger partial charge in [0, 0.05) is 34.0 Å². The van der Waals surface area contributed by atoms with Crippen molar-refractivity contribution in [1.29, 1.82) is 0 Å². The van der Waals surface area contributed by atoms with Crippen LogP contribution in [0.2, 0.25) is 10.0 Å². The van der Waals surface area contributed by atoms with Gasteiger partial charge in [-0.3, -0.25) is 0 Å². The highest BCUT2D eigenvalue weighted by atomic mass is 35.5. The summed E-state index contributed by atoms with van der Waals surface area (Å²) in [6.07, 6.45) is 1.49. The summed E-state index contributed by atoms with van der Waals surface area (Å²) in [4.78, 5) is 0. The minimum absolute atomic E-state index is 0.0979. The smallest absolute Gasteiger partial charge is 0.0632 e. The second-order valence-electron chi connectivity index (χ2n) is 6.86. The van der Waals surface area contributed by atoms with Crippen LogP contribution < -0.4 is 5.32 Å². The first-order valence-electron chi connectivity index (χ1n) is 9.00. The standard InChI is InChI=1S/C21H25Cl2NO/c1-3-17-19(13-5-9-15(22)10-6-13)24-20(18(4-2)21(17)25)14-7-11-16(23)12-8-14/h5-12,17-21,24-25H,3-4H2,1-2H3/t17-,18-,19+,20+/m0/s1. The quantitative estimate of drug-likeness (QED) is 0.706. The molecule has 1 fully saturated rings. The van der Waals surface area contributed by atoms with Crippen molar-refractivity contribution in [3.05, 3.63) is 69.7 Å². The number of hydrogen-bond donors (Lipinski definition) is 2. The topological polar surface area (TPSA) is 32.3 Å². The van der Waals surface area contributed by atoms with Crippen LogP contribution in [0.15, 0.2) is 48.5 Å². The van der Waals surface area contributed by atoms with Gasteiger partial charge in [0.1, 0.15) is 0 Å². The van der Waals surface area contributed by atoms with Crippen molar-refractivity contribution in [1.82, 2.24) is 5.32 Å². The number of aliphatic hydroxyl groups is 1. The van der Waals surface area contributed by atoms with Crippen LogP contribution in [0.1, 0.15) is 49.9 Å². The van der Waals surface area contributed by atoms with E-state index in [2.05, 4.69) is 43.4 Å². The largest absolute Gasteiger partial charge is 0.392 e. The molecule has 2 aromatic rings. The molecular weight excluding hydrogens is 353 g/mol. The van der Waals surface area contributed by atoms with Crippen LogP contribution in [0.4, 0.5) is 0 Å². The second-order valence-corrected chi connectivity index (χ2v) is 7.73. The molecule has 2 aromatic carbocycles. The van der Waals surface area contributed by atoms with Crippen molar-refractivity contribution in [2.75, 3.05) is 0 Å². The maximum absolute atomic E-state index is 11.1. The van der Waals surface area contributed by atoms with E-state index in [0.29, 0.717) is 0 Å². The monoisotopic (exact) mass is 377 g/mol. The zero-order chi connectivity index (χ0) is 18.0. The van der Waals surface area contributed by atoms with Crippen molar-refractivity contribution in [3.63, 3.8) is 0 Å². The van der Waals surface area contributed by atoms with Crippen LogP contribution >= 0.6 is 23.2 Å². The molecule has 1 aliphatic heterocycles. The molecule has 1 saturated heterocycles. The van der Waals surface area contributed by atoms with E-state index in [1.807, 2.05) is 24.3 Å². The van der Waals surface area contributed by atoms with Gasteiger partial charge in [0.2, 0.25) is 0 Å². The lowest BCUT2D eigenvalue weighted by Gasteiger charge is -2.46. The van der Waals surface area contributed by atoms with Crippen LogP contribution in [0.5, 0.6) is 0 Å². The lowest BCUT2D eigenvalue weighted by Crippen LogP contribution is -2.50. The summed E-state index contributed by atoms with van der Waals surface area (Å²) in [5.74, 6) is 0.351. The number of rotatable bonds is 4. The molecule has 4 atom stereocenters. The van der Waals surface area contributed by atoms with Crippen molar-refractivity contribution < 1.29 is 5.11 Å². The zero-order valence-corrected chi connectivity index (χ0v) is 16.1. The summed E-state index contributed by atoms with van der Waals surface area (Å²) in [5.41, 5.74) is 2.34.